The van der Waals surface area contributed by atoms with Crippen LogP contribution in [0.15, 0.2) is 18.2 Å². The van der Waals surface area contributed by atoms with Gasteiger partial charge in [-0.3, -0.25) is 4.31 Å². The lowest BCUT2D eigenvalue weighted by Gasteiger charge is -2.19. The first-order chi connectivity index (χ1) is 7.96. The summed E-state index contributed by atoms with van der Waals surface area (Å²) in [5.74, 6) is -1.62. The van der Waals surface area contributed by atoms with Crippen LogP contribution in [0.25, 0.3) is 0 Å². The SMILES string of the molecule is NCC1CCN(c2ccc(F)cc2F)S1(=O)=O. The predicted molar refractivity (Wildman–Crippen MR) is 60.1 cm³/mol. The van der Waals surface area contributed by atoms with E-state index in [1.807, 2.05) is 0 Å². The van der Waals surface area contributed by atoms with Crippen LogP contribution in [0.5, 0.6) is 0 Å². The zero-order valence-corrected chi connectivity index (χ0v) is 9.75. The molecule has 4 nitrogen and oxygen atoms in total. The Bertz CT molecular complexity index is 533. The van der Waals surface area contributed by atoms with Gasteiger partial charge in [0.1, 0.15) is 11.6 Å². The summed E-state index contributed by atoms with van der Waals surface area (Å²) < 4.78 is 51.1. The monoisotopic (exact) mass is 262 g/mol. The van der Waals surface area contributed by atoms with E-state index >= 15 is 0 Å². The van der Waals surface area contributed by atoms with E-state index in [1.165, 1.54) is 0 Å². The summed E-state index contributed by atoms with van der Waals surface area (Å²) in [5.41, 5.74) is 5.23. The van der Waals surface area contributed by atoms with Crippen molar-refractivity contribution in [1.82, 2.24) is 0 Å². The Morgan fingerprint density at radius 1 is 1.41 bits per heavy atom. The highest BCUT2D eigenvalue weighted by molar-refractivity contribution is 7.93. The van der Waals surface area contributed by atoms with E-state index in [0.717, 1.165) is 16.4 Å². The number of nitrogens with zero attached hydrogens (tertiary/aromatic N) is 1. The number of nitrogens with two attached hydrogens (primary N) is 1. The second-order valence-electron chi connectivity index (χ2n) is 3.86. The van der Waals surface area contributed by atoms with Crippen molar-refractivity contribution in [3.8, 4) is 0 Å². The van der Waals surface area contributed by atoms with Crippen molar-refractivity contribution in [2.75, 3.05) is 17.4 Å². The number of halogens is 2. The summed E-state index contributed by atoms with van der Waals surface area (Å²) in [6, 6.07) is 2.82. The van der Waals surface area contributed by atoms with Crippen LogP contribution in [0.1, 0.15) is 6.42 Å². The molecule has 0 saturated carbocycles. The number of hydrogen-bond acceptors (Lipinski definition) is 3. The van der Waals surface area contributed by atoms with Gasteiger partial charge in [0.05, 0.1) is 10.9 Å². The van der Waals surface area contributed by atoms with Gasteiger partial charge in [0.15, 0.2) is 0 Å². The van der Waals surface area contributed by atoms with Crippen molar-refractivity contribution in [2.45, 2.75) is 11.7 Å². The lowest BCUT2D eigenvalue weighted by atomic mass is 10.2. The largest absolute Gasteiger partial charge is 0.329 e. The van der Waals surface area contributed by atoms with E-state index in [0.29, 0.717) is 12.5 Å². The van der Waals surface area contributed by atoms with Crippen molar-refractivity contribution in [1.29, 1.82) is 0 Å². The molecule has 0 spiro atoms. The van der Waals surface area contributed by atoms with E-state index in [2.05, 4.69) is 0 Å². The first kappa shape index (κ1) is 12.3. The quantitative estimate of drug-likeness (QED) is 0.858. The van der Waals surface area contributed by atoms with Gasteiger partial charge in [-0.1, -0.05) is 0 Å². The molecule has 0 amide bonds. The molecule has 0 aromatic heterocycles. The van der Waals surface area contributed by atoms with Crippen LogP contribution in [0.3, 0.4) is 0 Å². The minimum absolute atomic E-state index is 0.00163. The molecule has 0 bridgehead atoms. The summed E-state index contributed by atoms with van der Waals surface area (Å²) in [6.07, 6.45) is 0.357. The van der Waals surface area contributed by atoms with E-state index in [9.17, 15) is 17.2 Å². The Morgan fingerprint density at radius 3 is 2.65 bits per heavy atom. The summed E-state index contributed by atoms with van der Waals surface area (Å²) in [5, 5.41) is -0.688. The van der Waals surface area contributed by atoms with Crippen molar-refractivity contribution >= 4 is 15.7 Å². The molecule has 1 heterocycles. The van der Waals surface area contributed by atoms with E-state index in [-0.39, 0.29) is 18.8 Å². The summed E-state index contributed by atoms with van der Waals surface area (Å²) in [6.45, 7) is 0.175. The molecule has 2 N–H and O–H groups in total. The van der Waals surface area contributed by atoms with Crippen LogP contribution in [0.2, 0.25) is 0 Å². The Hall–Kier alpha value is -1.21. The van der Waals surface area contributed by atoms with Gasteiger partial charge < -0.3 is 5.73 Å². The second-order valence-corrected chi connectivity index (χ2v) is 6.00. The summed E-state index contributed by atoms with van der Waals surface area (Å²) in [4.78, 5) is 0. The number of hydrogen-bond donors (Lipinski definition) is 1. The Labute approximate surface area is 98.1 Å². The van der Waals surface area contributed by atoms with Gasteiger partial charge in [-0.05, 0) is 18.6 Å². The molecule has 1 saturated heterocycles. The average Bonchev–Trinajstić information content (AvgIpc) is 2.54. The van der Waals surface area contributed by atoms with Gasteiger partial charge in [-0.25, -0.2) is 17.2 Å². The third-order valence-electron chi connectivity index (χ3n) is 2.82. The van der Waals surface area contributed by atoms with Crippen molar-refractivity contribution in [3.05, 3.63) is 29.8 Å². The minimum atomic E-state index is -3.62. The molecular formula is C10H12F2N2O2S. The van der Waals surface area contributed by atoms with Gasteiger partial charge in [0.25, 0.3) is 0 Å². The van der Waals surface area contributed by atoms with Gasteiger partial charge >= 0.3 is 0 Å². The fraction of sp³-hybridized carbons (Fsp3) is 0.400. The van der Waals surface area contributed by atoms with Crippen molar-refractivity contribution < 1.29 is 17.2 Å². The lowest BCUT2D eigenvalue weighted by molar-refractivity contribution is 0.576. The van der Waals surface area contributed by atoms with E-state index in [4.69, 9.17) is 5.73 Å². The van der Waals surface area contributed by atoms with Crippen LogP contribution in [0, 0.1) is 11.6 Å². The third kappa shape index (κ3) is 2.00. The van der Waals surface area contributed by atoms with Crippen LogP contribution in [-0.4, -0.2) is 26.8 Å². The lowest BCUT2D eigenvalue weighted by Crippen LogP contribution is -2.33. The highest BCUT2D eigenvalue weighted by atomic mass is 32.2. The van der Waals surface area contributed by atoms with E-state index in [1.54, 1.807) is 0 Å². The maximum atomic E-state index is 13.5. The molecule has 2 rings (SSSR count). The van der Waals surface area contributed by atoms with Crippen LogP contribution in [0.4, 0.5) is 14.5 Å². The minimum Gasteiger partial charge on any atom is -0.329 e. The highest BCUT2D eigenvalue weighted by Gasteiger charge is 2.38. The van der Waals surface area contributed by atoms with Gasteiger partial charge in [0.2, 0.25) is 10.0 Å². The summed E-state index contributed by atoms with van der Waals surface area (Å²) in [7, 11) is -3.62. The third-order valence-corrected chi connectivity index (χ3v) is 5.09. The van der Waals surface area contributed by atoms with E-state index < -0.39 is 26.9 Å². The normalized spacial score (nSPS) is 23.0. The molecule has 1 aromatic rings. The Kier molecular flexibility index (Phi) is 3.05. The van der Waals surface area contributed by atoms with Gasteiger partial charge in [-0.15, -0.1) is 0 Å². The first-order valence-electron chi connectivity index (χ1n) is 5.13. The fourth-order valence-electron chi connectivity index (χ4n) is 1.90. The molecule has 1 aromatic carbocycles. The highest BCUT2D eigenvalue weighted by Crippen LogP contribution is 2.30. The fourth-order valence-corrected chi connectivity index (χ4v) is 3.69. The van der Waals surface area contributed by atoms with Crippen molar-refractivity contribution in [2.24, 2.45) is 5.73 Å². The molecule has 1 fully saturated rings. The Morgan fingerprint density at radius 2 is 2.12 bits per heavy atom. The molecule has 17 heavy (non-hydrogen) atoms. The maximum absolute atomic E-state index is 13.5. The number of anilines is 1. The molecule has 1 unspecified atom stereocenters. The molecule has 1 aliphatic rings. The predicted octanol–water partition coefficient (Wildman–Crippen LogP) is 0.832. The average molecular weight is 262 g/mol. The summed E-state index contributed by atoms with van der Waals surface area (Å²) >= 11 is 0. The molecule has 94 valence electrons. The second kappa shape index (κ2) is 4.23. The zero-order chi connectivity index (χ0) is 12.6. The molecular weight excluding hydrogens is 250 g/mol. The number of sulfonamides is 1. The van der Waals surface area contributed by atoms with Gasteiger partial charge in [-0.2, -0.15) is 0 Å². The molecule has 7 heteroatoms. The number of benzene rings is 1. The zero-order valence-electron chi connectivity index (χ0n) is 8.94. The molecule has 1 aliphatic heterocycles. The molecule has 0 aliphatic carbocycles. The van der Waals surface area contributed by atoms with Crippen LogP contribution >= 0.6 is 0 Å². The standard InChI is InChI=1S/C10H12F2N2O2S/c11-7-1-2-10(9(12)5-7)14-4-3-8(6-13)17(14,15)16/h1-2,5,8H,3-4,6,13H2. The maximum Gasteiger partial charge on any atom is 0.239 e. The van der Waals surface area contributed by atoms with Crippen molar-refractivity contribution in [3.63, 3.8) is 0 Å². The topological polar surface area (TPSA) is 63.4 Å². The molecule has 0 radical (unpaired) electrons. The van der Waals surface area contributed by atoms with Gasteiger partial charge in [0, 0.05) is 19.2 Å². The smallest absolute Gasteiger partial charge is 0.239 e. The van der Waals surface area contributed by atoms with Crippen LogP contribution in [-0.2, 0) is 10.0 Å². The number of rotatable bonds is 2. The molecule has 1 atom stereocenters. The first-order valence-corrected chi connectivity index (χ1v) is 6.64. The Balaban J connectivity index is 2.42. The van der Waals surface area contributed by atoms with Crippen LogP contribution < -0.4 is 10.0 Å².